The number of carbonyl (C=O) groups is 3. The molecule has 0 aliphatic carbocycles. The molecule has 0 amide bonds. The van der Waals surface area contributed by atoms with E-state index < -0.39 is 47.3 Å². The fraction of sp³-hybridized carbons (Fsp3) is 0.786. The van der Waals surface area contributed by atoms with Crippen molar-refractivity contribution in [3.05, 3.63) is 0 Å². The van der Waals surface area contributed by atoms with E-state index >= 15 is 0 Å². The SMILES string of the molecule is CCOC(=O)C12OC(=O)CC(NC1C(=O)OC(C)(C)C)C2O. The normalized spacial score (nSPS) is 34.0. The molecular formula is C14H21NO7. The molecule has 2 aliphatic heterocycles. The molecule has 0 aromatic heterocycles. The summed E-state index contributed by atoms with van der Waals surface area (Å²) in [6, 6.07) is -2.07. The van der Waals surface area contributed by atoms with Gasteiger partial charge in [-0.3, -0.25) is 14.9 Å². The van der Waals surface area contributed by atoms with Gasteiger partial charge >= 0.3 is 17.9 Å². The minimum atomic E-state index is -2.10. The van der Waals surface area contributed by atoms with E-state index in [1.54, 1.807) is 27.7 Å². The van der Waals surface area contributed by atoms with E-state index in [9.17, 15) is 19.5 Å². The molecule has 8 heteroatoms. The van der Waals surface area contributed by atoms with Gasteiger partial charge in [-0.05, 0) is 27.7 Å². The number of fused-ring (bicyclic) bond motifs is 2. The maximum atomic E-state index is 12.4. The molecule has 2 heterocycles. The van der Waals surface area contributed by atoms with Crippen molar-refractivity contribution in [3.63, 3.8) is 0 Å². The maximum Gasteiger partial charge on any atom is 0.355 e. The number of esters is 3. The van der Waals surface area contributed by atoms with E-state index in [2.05, 4.69) is 5.32 Å². The summed E-state index contributed by atoms with van der Waals surface area (Å²) < 4.78 is 15.3. The van der Waals surface area contributed by atoms with Crippen LogP contribution < -0.4 is 5.32 Å². The van der Waals surface area contributed by atoms with Crippen LogP contribution in [-0.2, 0) is 28.6 Å². The van der Waals surface area contributed by atoms with E-state index in [-0.39, 0.29) is 13.0 Å². The second-order valence-corrected chi connectivity index (χ2v) is 6.38. The molecule has 2 N–H and O–H groups in total. The quantitative estimate of drug-likeness (QED) is 0.518. The lowest BCUT2D eigenvalue weighted by molar-refractivity contribution is -0.205. The third-order valence-electron chi connectivity index (χ3n) is 3.54. The Balaban J connectivity index is 2.38. The first-order chi connectivity index (χ1) is 10.1. The molecule has 4 atom stereocenters. The molecule has 0 saturated carbocycles. The van der Waals surface area contributed by atoms with Crippen LogP contribution in [0.4, 0.5) is 0 Å². The number of hydrogen-bond acceptors (Lipinski definition) is 8. The molecule has 0 aromatic rings. The van der Waals surface area contributed by atoms with Gasteiger partial charge in [-0.15, -0.1) is 0 Å². The van der Waals surface area contributed by atoms with Gasteiger partial charge in [0.15, 0.2) is 6.04 Å². The fourth-order valence-corrected chi connectivity index (χ4v) is 2.73. The molecule has 124 valence electrons. The number of hydrogen-bond donors (Lipinski definition) is 2. The summed E-state index contributed by atoms with van der Waals surface area (Å²) in [5.74, 6) is -2.42. The van der Waals surface area contributed by atoms with Gasteiger partial charge in [0.2, 0.25) is 0 Å². The number of aliphatic hydroxyl groups excluding tert-OH is 1. The molecule has 8 nitrogen and oxygen atoms in total. The van der Waals surface area contributed by atoms with Gasteiger partial charge in [-0.1, -0.05) is 0 Å². The van der Waals surface area contributed by atoms with Gasteiger partial charge in [0.1, 0.15) is 11.7 Å². The molecule has 4 unspecified atom stereocenters. The Morgan fingerprint density at radius 2 is 2.09 bits per heavy atom. The lowest BCUT2D eigenvalue weighted by Gasteiger charge is -2.36. The van der Waals surface area contributed by atoms with Gasteiger partial charge in [0.05, 0.1) is 13.0 Å². The number of nitrogens with one attached hydrogen (secondary N) is 1. The largest absolute Gasteiger partial charge is 0.463 e. The minimum absolute atomic E-state index is 0.0244. The van der Waals surface area contributed by atoms with Crippen molar-refractivity contribution in [2.45, 2.75) is 63.5 Å². The second kappa shape index (κ2) is 5.51. The van der Waals surface area contributed by atoms with Crippen LogP contribution >= 0.6 is 0 Å². The molecule has 22 heavy (non-hydrogen) atoms. The van der Waals surface area contributed by atoms with Gasteiger partial charge in [-0.25, -0.2) is 4.79 Å². The Hall–Kier alpha value is -1.67. The zero-order valence-corrected chi connectivity index (χ0v) is 13.0. The van der Waals surface area contributed by atoms with Gasteiger partial charge in [-0.2, -0.15) is 0 Å². The van der Waals surface area contributed by atoms with Gasteiger partial charge in [0, 0.05) is 6.04 Å². The predicted octanol–water partition coefficient (Wildman–Crippen LogP) is -0.722. The van der Waals surface area contributed by atoms with Crippen molar-refractivity contribution >= 4 is 17.9 Å². The van der Waals surface area contributed by atoms with E-state index in [1.165, 1.54) is 0 Å². The van der Waals surface area contributed by atoms with Crippen molar-refractivity contribution in [1.82, 2.24) is 5.32 Å². The Bertz CT molecular complexity index is 498. The number of ether oxygens (including phenoxy) is 3. The molecule has 2 aliphatic rings. The number of rotatable bonds is 3. The fourth-order valence-electron chi connectivity index (χ4n) is 2.73. The van der Waals surface area contributed by atoms with E-state index in [4.69, 9.17) is 14.2 Å². The Morgan fingerprint density at radius 1 is 1.45 bits per heavy atom. The number of aliphatic hydroxyl groups is 1. The summed E-state index contributed by atoms with van der Waals surface area (Å²) in [6.07, 6.45) is -1.51. The molecule has 2 saturated heterocycles. The minimum Gasteiger partial charge on any atom is -0.463 e. The maximum absolute atomic E-state index is 12.4. The van der Waals surface area contributed by atoms with E-state index in [0.717, 1.165) is 0 Å². The highest BCUT2D eigenvalue weighted by Crippen LogP contribution is 2.38. The predicted molar refractivity (Wildman–Crippen MR) is 72.6 cm³/mol. The van der Waals surface area contributed by atoms with Crippen LogP contribution in [-0.4, -0.2) is 59.0 Å². The molecule has 0 radical (unpaired) electrons. The topological polar surface area (TPSA) is 111 Å². The van der Waals surface area contributed by atoms with Crippen LogP contribution in [0.25, 0.3) is 0 Å². The van der Waals surface area contributed by atoms with Crippen molar-refractivity contribution < 1.29 is 33.7 Å². The molecule has 2 rings (SSSR count). The summed E-state index contributed by atoms with van der Waals surface area (Å²) in [4.78, 5) is 36.4. The van der Waals surface area contributed by atoms with Crippen molar-refractivity contribution in [1.29, 1.82) is 0 Å². The smallest absolute Gasteiger partial charge is 0.355 e. The summed E-state index contributed by atoms with van der Waals surface area (Å²) in [5, 5.41) is 13.1. The molecule has 0 spiro atoms. The standard InChI is InChI=1S/C14H21NO7/c1-5-20-12(19)14-9(11(18)22-13(2,3)4)15-7(10(14)17)6-8(16)21-14/h7,9-10,15,17H,5-6H2,1-4H3. The Kier molecular flexibility index (Phi) is 4.18. The lowest BCUT2D eigenvalue weighted by Crippen LogP contribution is -2.63. The summed E-state index contributed by atoms with van der Waals surface area (Å²) in [7, 11) is 0. The highest BCUT2D eigenvalue weighted by Gasteiger charge is 2.69. The Labute approximate surface area is 128 Å². The zero-order valence-electron chi connectivity index (χ0n) is 13.0. The molecule has 2 bridgehead atoms. The first kappa shape index (κ1) is 16.7. The first-order valence-electron chi connectivity index (χ1n) is 7.18. The lowest BCUT2D eigenvalue weighted by atomic mass is 9.87. The third-order valence-corrected chi connectivity index (χ3v) is 3.54. The van der Waals surface area contributed by atoms with E-state index in [0.29, 0.717) is 0 Å². The Morgan fingerprint density at radius 3 is 2.64 bits per heavy atom. The summed E-state index contributed by atoms with van der Waals surface area (Å²) >= 11 is 0. The van der Waals surface area contributed by atoms with E-state index in [1.807, 2.05) is 0 Å². The number of carbonyl (C=O) groups excluding carboxylic acids is 3. The third kappa shape index (κ3) is 2.68. The van der Waals surface area contributed by atoms with Crippen LogP contribution in [0.1, 0.15) is 34.1 Å². The van der Waals surface area contributed by atoms with Crippen LogP contribution in [0, 0.1) is 0 Å². The molecule has 0 aromatic carbocycles. The van der Waals surface area contributed by atoms with Crippen LogP contribution in [0.2, 0.25) is 0 Å². The monoisotopic (exact) mass is 315 g/mol. The summed E-state index contributed by atoms with van der Waals surface area (Å²) in [5.41, 5.74) is -2.89. The van der Waals surface area contributed by atoms with Gasteiger partial charge in [0.25, 0.3) is 5.60 Å². The van der Waals surface area contributed by atoms with Crippen LogP contribution in [0.5, 0.6) is 0 Å². The summed E-state index contributed by atoms with van der Waals surface area (Å²) in [6.45, 7) is 6.62. The average Bonchev–Trinajstić information content (AvgIpc) is 2.54. The zero-order chi connectivity index (χ0) is 16.7. The van der Waals surface area contributed by atoms with Gasteiger partial charge < -0.3 is 19.3 Å². The highest BCUT2D eigenvalue weighted by atomic mass is 16.6. The van der Waals surface area contributed by atoms with Crippen LogP contribution in [0.15, 0.2) is 0 Å². The second-order valence-electron chi connectivity index (χ2n) is 6.38. The highest BCUT2D eigenvalue weighted by molar-refractivity contribution is 5.95. The van der Waals surface area contributed by atoms with Crippen molar-refractivity contribution in [3.8, 4) is 0 Å². The van der Waals surface area contributed by atoms with Crippen LogP contribution in [0.3, 0.4) is 0 Å². The first-order valence-corrected chi connectivity index (χ1v) is 7.18. The molecule has 2 fully saturated rings. The van der Waals surface area contributed by atoms with Crippen molar-refractivity contribution in [2.24, 2.45) is 0 Å². The van der Waals surface area contributed by atoms with Crippen molar-refractivity contribution in [2.75, 3.05) is 6.61 Å². The molecular weight excluding hydrogens is 294 g/mol. The average molecular weight is 315 g/mol.